The van der Waals surface area contributed by atoms with Crippen LogP contribution in [0.15, 0.2) is 35.2 Å². The second kappa shape index (κ2) is 5.18. The molecule has 1 N–H and O–H groups in total. The van der Waals surface area contributed by atoms with Crippen LogP contribution in [0.1, 0.15) is 6.92 Å². The Kier molecular flexibility index (Phi) is 4.07. The lowest BCUT2D eigenvalue weighted by Crippen LogP contribution is -2.06. The molecule has 0 unspecified atom stereocenters. The molecule has 0 bridgehead atoms. The molecule has 0 saturated heterocycles. The lowest BCUT2D eigenvalue weighted by molar-refractivity contribution is -0.384. The molecular weight excluding hydrogens is 256 g/mol. The number of hydrogen-bond donors (Lipinski definition) is 1. The fraction of sp³-hybridized carbons (Fsp3) is 0.273. The van der Waals surface area contributed by atoms with Crippen LogP contribution in [0.3, 0.4) is 0 Å². The third-order valence-electron chi connectivity index (χ3n) is 2.17. The Bertz CT molecular complexity index is 593. The number of hydrogen-bond acceptors (Lipinski definition) is 5. The number of benzene rings is 1. The molecule has 6 nitrogen and oxygen atoms in total. The highest BCUT2D eigenvalue weighted by Crippen LogP contribution is 2.27. The molecule has 1 rings (SSSR count). The van der Waals surface area contributed by atoms with Crippen LogP contribution >= 0.6 is 0 Å². The van der Waals surface area contributed by atoms with Crippen LogP contribution in [-0.2, 0) is 9.84 Å². The second-order valence-electron chi connectivity index (χ2n) is 4.02. The van der Waals surface area contributed by atoms with E-state index in [1.54, 1.807) is 6.92 Å². The normalized spacial score (nSPS) is 11.0. The van der Waals surface area contributed by atoms with Crippen molar-refractivity contribution in [3.63, 3.8) is 0 Å². The van der Waals surface area contributed by atoms with E-state index in [-0.39, 0.29) is 16.3 Å². The van der Waals surface area contributed by atoms with Crippen LogP contribution in [0.5, 0.6) is 0 Å². The Hall–Kier alpha value is -1.89. The summed E-state index contributed by atoms with van der Waals surface area (Å²) < 4.78 is 22.7. The molecule has 0 amide bonds. The van der Waals surface area contributed by atoms with Gasteiger partial charge in [-0.3, -0.25) is 10.1 Å². The van der Waals surface area contributed by atoms with Crippen molar-refractivity contribution in [2.45, 2.75) is 11.8 Å². The fourth-order valence-corrected chi connectivity index (χ4v) is 1.93. The van der Waals surface area contributed by atoms with E-state index < -0.39 is 14.8 Å². The largest absolute Gasteiger partial charge is 0.376 e. The molecule has 0 saturated carbocycles. The van der Waals surface area contributed by atoms with E-state index in [1.807, 2.05) is 0 Å². The molecule has 98 valence electrons. The summed E-state index contributed by atoms with van der Waals surface area (Å²) in [4.78, 5) is 10.2. The summed E-state index contributed by atoms with van der Waals surface area (Å²) in [5.74, 6) is 0. The van der Waals surface area contributed by atoms with Gasteiger partial charge in [0.25, 0.3) is 5.69 Å². The van der Waals surface area contributed by atoms with E-state index in [0.29, 0.717) is 6.54 Å². The summed E-state index contributed by atoms with van der Waals surface area (Å²) in [6.07, 6.45) is 1.01. The zero-order chi connectivity index (χ0) is 13.9. The Morgan fingerprint density at radius 2 is 2.11 bits per heavy atom. The van der Waals surface area contributed by atoms with Gasteiger partial charge in [0.1, 0.15) is 5.69 Å². The monoisotopic (exact) mass is 270 g/mol. The van der Waals surface area contributed by atoms with Crippen LogP contribution in [0.4, 0.5) is 11.4 Å². The zero-order valence-corrected chi connectivity index (χ0v) is 11.0. The molecule has 0 heterocycles. The van der Waals surface area contributed by atoms with Crippen molar-refractivity contribution in [2.24, 2.45) is 0 Å². The molecule has 7 heteroatoms. The first-order chi connectivity index (χ1) is 8.21. The van der Waals surface area contributed by atoms with Gasteiger partial charge in [-0.1, -0.05) is 12.2 Å². The van der Waals surface area contributed by atoms with E-state index >= 15 is 0 Å². The van der Waals surface area contributed by atoms with Gasteiger partial charge in [0, 0.05) is 18.9 Å². The Morgan fingerprint density at radius 3 is 2.56 bits per heavy atom. The number of nitro benzene ring substituents is 1. The first-order valence-electron chi connectivity index (χ1n) is 5.08. The Labute approximate surface area is 105 Å². The maximum atomic E-state index is 11.3. The molecule has 18 heavy (non-hydrogen) atoms. The van der Waals surface area contributed by atoms with Gasteiger partial charge < -0.3 is 5.32 Å². The van der Waals surface area contributed by atoms with Crippen LogP contribution in [0, 0.1) is 10.1 Å². The maximum absolute atomic E-state index is 11.3. The smallest absolute Gasteiger partial charge is 0.293 e. The molecule has 0 aliphatic carbocycles. The molecule has 1 aromatic carbocycles. The zero-order valence-electron chi connectivity index (χ0n) is 10.1. The van der Waals surface area contributed by atoms with E-state index in [4.69, 9.17) is 0 Å². The molecular formula is C11H14N2O4S. The maximum Gasteiger partial charge on any atom is 0.293 e. The van der Waals surface area contributed by atoms with E-state index in [0.717, 1.165) is 17.9 Å². The van der Waals surface area contributed by atoms with Gasteiger partial charge >= 0.3 is 0 Å². The van der Waals surface area contributed by atoms with Crippen molar-refractivity contribution < 1.29 is 13.3 Å². The summed E-state index contributed by atoms with van der Waals surface area (Å²) in [5.41, 5.74) is 0.825. The molecule has 0 atom stereocenters. The Morgan fingerprint density at radius 1 is 1.50 bits per heavy atom. The molecule has 0 spiro atoms. The molecule has 0 aliphatic heterocycles. The van der Waals surface area contributed by atoms with Crippen molar-refractivity contribution in [2.75, 3.05) is 18.1 Å². The van der Waals surface area contributed by atoms with Crippen molar-refractivity contribution in [3.8, 4) is 0 Å². The van der Waals surface area contributed by atoms with Gasteiger partial charge in [-0.25, -0.2) is 8.42 Å². The van der Waals surface area contributed by atoms with Crippen molar-refractivity contribution >= 4 is 21.2 Å². The van der Waals surface area contributed by atoms with Gasteiger partial charge in [-0.05, 0) is 19.1 Å². The van der Waals surface area contributed by atoms with Crippen molar-refractivity contribution in [3.05, 3.63) is 40.5 Å². The first-order valence-corrected chi connectivity index (χ1v) is 6.97. The lowest BCUT2D eigenvalue weighted by atomic mass is 10.2. The number of anilines is 1. The van der Waals surface area contributed by atoms with E-state index in [1.165, 1.54) is 12.1 Å². The van der Waals surface area contributed by atoms with Gasteiger partial charge in [0.15, 0.2) is 9.84 Å². The quantitative estimate of drug-likeness (QED) is 0.502. The van der Waals surface area contributed by atoms with Crippen LogP contribution in [-0.4, -0.2) is 26.1 Å². The van der Waals surface area contributed by atoms with Gasteiger partial charge in [-0.2, -0.15) is 0 Å². The third kappa shape index (κ3) is 3.56. The molecule has 0 fully saturated rings. The highest BCUT2D eigenvalue weighted by Gasteiger charge is 2.18. The summed E-state index contributed by atoms with van der Waals surface area (Å²) in [6.45, 7) is 5.84. The van der Waals surface area contributed by atoms with Crippen LogP contribution < -0.4 is 5.32 Å². The molecule has 0 aliphatic rings. The lowest BCUT2D eigenvalue weighted by Gasteiger charge is -2.07. The Balaban J connectivity index is 3.21. The van der Waals surface area contributed by atoms with Crippen molar-refractivity contribution in [1.82, 2.24) is 0 Å². The number of nitrogens with zero attached hydrogens (tertiary/aromatic N) is 1. The first kappa shape index (κ1) is 14.2. The average molecular weight is 270 g/mol. The highest BCUT2D eigenvalue weighted by atomic mass is 32.2. The van der Waals surface area contributed by atoms with E-state index in [9.17, 15) is 18.5 Å². The summed E-state index contributed by atoms with van der Waals surface area (Å²) in [5, 5.41) is 13.7. The van der Waals surface area contributed by atoms with Gasteiger partial charge in [0.2, 0.25) is 0 Å². The highest BCUT2D eigenvalue weighted by molar-refractivity contribution is 7.90. The predicted molar refractivity (Wildman–Crippen MR) is 69.5 cm³/mol. The summed E-state index contributed by atoms with van der Waals surface area (Å²) in [7, 11) is -3.46. The standard InChI is InChI=1S/C11H14N2O4S/c1-8(2)7-12-10-5-4-9(18(3,16)17)6-11(10)13(14)15/h4-6,12H,1,7H2,2-3H3. The minimum Gasteiger partial charge on any atom is -0.376 e. The fourth-order valence-electron chi connectivity index (χ4n) is 1.29. The average Bonchev–Trinajstić information content (AvgIpc) is 2.24. The minimum atomic E-state index is -3.46. The van der Waals surface area contributed by atoms with Crippen molar-refractivity contribution in [1.29, 1.82) is 0 Å². The molecule has 0 radical (unpaired) electrons. The van der Waals surface area contributed by atoms with Crippen LogP contribution in [0.2, 0.25) is 0 Å². The minimum absolute atomic E-state index is 0.0740. The summed E-state index contributed by atoms with van der Waals surface area (Å²) in [6, 6.07) is 3.77. The number of nitrogens with one attached hydrogen (secondary N) is 1. The van der Waals surface area contributed by atoms with Gasteiger partial charge in [0.05, 0.1) is 9.82 Å². The third-order valence-corrected chi connectivity index (χ3v) is 3.28. The predicted octanol–water partition coefficient (Wildman–Crippen LogP) is 1.99. The SMILES string of the molecule is C=C(C)CNc1ccc(S(C)(=O)=O)cc1[N+](=O)[O-]. The number of nitro groups is 1. The second-order valence-corrected chi connectivity index (χ2v) is 6.03. The molecule has 1 aromatic rings. The topological polar surface area (TPSA) is 89.3 Å². The summed E-state index contributed by atoms with van der Waals surface area (Å²) >= 11 is 0. The van der Waals surface area contributed by atoms with Gasteiger partial charge in [-0.15, -0.1) is 0 Å². The van der Waals surface area contributed by atoms with Crippen LogP contribution in [0.25, 0.3) is 0 Å². The molecule has 0 aromatic heterocycles. The number of rotatable bonds is 5. The van der Waals surface area contributed by atoms with E-state index in [2.05, 4.69) is 11.9 Å². The number of sulfone groups is 1.